The van der Waals surface area contributed by atoms with Crippen molar-refractivity contribution in [1.82, 2.24) is 0 Å². The number of aromatic hydroxyl groups is 1. The molecule has 0 atom stereocenters. The topological polar surface area (TPSA) is 20.2 Å². The molecule has 0 bridgehead atoms. The minimum atomic E-state index is -1.33. The molecule has 1 nitrogen and oxygen atoms in total. The number of halogens is 3. The predicted octanol–water partition coefficient (Wildman–Crippen LogP) is 2.45. The van der Waals surface area contributed by atoms with Gasteiger partial charge in [0.05, 0.1) is 0 Å². The van der Waals surface area contributed by atoms with E-state index in [1.54, 1.807) is 0 Å². The zero-order chi connectivity index (χ0) is 9.30. The van der Waals surface area contributed by atoms with Gasteiger partial charge < -0.3 is 5.11 Å². The number of rotatable bonds is 1. The number of hydrogen-bond acceptors (Lipinski definition) is 1. The molecule has 1 aromatic carbocycles. The van der Waals surface area contributed by atoms with Crippen molar-refractivity contribution in [3.63, 3.8) is 0 Å². The first kappa shape index (κ1) is 8.64. The van der Waals surface area contributed by atoms with Crippen LogP contribution in [0.4, 0.5) is 13.2 Å². The van der Waals surface area contributed by atoms with Crippen LogP contribution in [-0.4, -0.2) is 5.11 Å². The highest BCUT2D eigenvalue weighted by Gasteiger charge is 2.15. The molecule has 1 N–H and O–H groups in total. The van der Waals surface area contributed by atoms with Crippen LogP contribution in [0.25, 0.3) is 6.08 Å². The Kier molecular flexibility index (Phi) is 2.08. The lowest BCUT2D eigenvalue weighted by Crippen LogP contribution is -1.92. The smallest absolute Gasteiger partial charge is 0.188 e. The fraction of sp³-hybridized carbons (Fsp3) is 0. The van der Waals surface area contributed by atoms with E-state index in [0.717, 1.165) is 6.08 Å². The number of phenols is 1. The normalized spacial score (nSPS) is 9.92. The molecule has 0 aliphatic rings. The summed E-state index contributed by atoms with van der Waals surface area (Å²) < 4.78 is 37.7. The van der Waals surface area contributed by atoms with Crippen LogP contribution < -0.4 is 0 Å². The second-order valence-electron chi connectivity index (χ2n) is 2.12. The van der Waals surface area contributed by atoms with Crippen LogP contribution in [-0.2, 0) is 0 Å². The summed E-state index contributed by atoms with van der Waals surface area (Å²) in [6, 6.07) is 0.398. The molecule has 0 spiro atoms. The van der Waals surface area contributed by atoms with E-state index in [9.17, 15) is 13.2 Å². The molecule has 12 heavy (non-hydrogen) atoms. The van der Waals surface area contributed by atoms with Gasteiger partial charge in [-0.05, 0) is 0 Å². The van der Waals surface area contributed by atoms with Crippen LogP contribution in [0.2, 0.25) is 0 Å². The molecular formula is C8H5F3O. The summed E-state index contributed by atoms with van der Waals surface area (Å²) >= 11 is 0. The lowest BCUT2D eigenvalue weighted by atomic mass is 10.2. The van der Waals surface area contributed by atoms with Crippen LogP contribution in [0.5, 0.6) is 5.75 Å². The van der Waals surface area contributed by atoms with Gasteiger partial charge in [0.1, 0.15) is 5.82 Å². The SMILES string of the molecule is C=Cc1c(F)cc(F)c(O)c1F. The third-order valence-electron chi connectivity index (χ3n) is 1.39. The number of hydrogen-bond donors (Lipinski definition) is 1. The maximum atomic E-state index is 12.7. The van der Waals surface area contributed by atoms with Gasteiger partial charge in [-0.1, -0.05) is 12.7 Å². The van der Waals surface area contributed by atoms with E-state index in [2.05, 4.69) is 6.58 Å². The monoisotopic (exact) mass is 174 g/mol. The lowest BCUT2D eigenvalue weighted by Gasteiger charge is -2.01. The van der Waals surface area contributed by atoms with Crippen LogP contribution >= 0.6 is 0 Å². The van der Waals surface area contributed by atoms with Gasteiger partial charge in [0.2, 0.25) is 0 Å². The molecule has 1 aromatic rings. The van der Waals surface area contributed by atoms with E-state index in [0.29, 0.717) is 6.07 Å². The number of phenolic OH excluding ortho intramolecular Hbond substituents is 1. The van der Waals surface area contributed by atoms with Gasteiger partial charge in [-0.25, -0.2) is 13.2 Å². The molecule has 0 radical (unpaired) electrons. The highest BCUT2D eigenvalue weighted by molar-refractivity contribution is 5.52. The Balaban J connectivity index is 3.51. The fourth-order valence-electron chi connectivity index (χ4n) is 0.782. The summed E-state index contributed by atoms with van der Waals surface area (Å²) in [7, 11) is 0. The maximum Gasteiger partial charge on any atom is 0.188 e. The molecule has 4 heteroatoms. The second kappa shape index (κ2) is 2.89. The van der Waals surface area contributed by atoms with E-state index < -0.39 is 28.8 Å². The summed E-state index contributed by atoms with van der Waals surface area (Å²) in [6.07, 6.45) is 0.865. The zero-order valence-electron chi connectivity index (χ0n) is 5.94. The fourth-order valence-corrected chi connectivity index (χ4v) is 0.782. The van der Waals surface area contributed by atoms with Crippen molar-refractivity contribution in [3.8, 4) is 5.75 Å². The van der Waals surface area contributed by atoms with Crippen LogP contribution in [0.15, 0.2) is 12.6 Å². The minimum absolute atomic E-state index is 0.398. The Morgan fingerprint density at radius 3 is 2.33 bits per heavy atom. The first-order valence-corrected chi connectivity index (χ1v) is 3.06. The first-order valence-electron chi connectivity index (χ1n) is 3.06. The van der Waals surface area contributed by atoms with Crippen LogP contribution in [0.1, 0.15) is 5.56 Å². The van der Waals surface area contributed by atoms with Crippen LogP contribution in [0.3, 0.4) is 0 Å². The number of benzene rings is 1. The Morgan fingerprint density at radius 1 is 1.25 bits per heavy atom. The molecule has 0 fully saturated rings. The highest BCUT2D eigenvalue weighted by atomic mass is 19.1. The Hall–Kier alpha value is -1.45. The molecule has 64 valence electrons. The standard InChI is InChI=1S/C8H5F3O/c1-2-4-5(9)3-6(10)8(12)7(4)11/h2-3,12H,1H2. The van der Waals surface area contributed by atoms with Crippen molar-refractivity contribution in [3.05, 3.63) is 35.7 Å². The summed E-state index contributed by atoms with van der Waals surface area (Å²) in [5, 5.41) is 8.68. The van der Waals surface area contributed by atoms with E-state index in [1.807, 2.05) is 0 Å². The second-order valence-corrected chi connectivity index (χ2v) is 2.12. The molecule has 0 saturated carbocycles. The van der Waals surface area contributed by atoms with Crippen molar-refractivity contribution in [2.24, 2.45) is 0 Å². The lowest BCUT2D eigenvalue weighted by molar-refractivity contribution is 0.389. The Morgan fingerprint density at radius 2 is 1.83 bits per heavy atom. The Labute approximate surface area is 66.8 Å². The molecule has 0 aliphatic carbocycles. The van der Waals surface area contributed by atoms with Crippen LogP contribution in [0, 0.1) is 17.5 Å². The Bertz CT molecular complexity index is 334. The summed E-state index contributed by atoms with van der Waals surface area (Å²) in [6.45, 7) is 3.11. The average Bonchev–Trinajstić information content (AvgIpc) is 2.01. The van der Waals surface area contributed by atoms with Gasteiger partial charge in [0.15, 0.2) is 17.4 Å². The molecule has 0 saturated heterocycles. The van der Waals surface area contributed by atoms with E-state index >= 15 is 0 Å². The van der Waals surface area contributed by atoms with E-state index in [4.69, 9.17) is 5.11 Å². The largest absolute Gasteiger partial charge is 0.503 e. The zero-order valence-corrected chi connectivity index (χ0v) is 5.94. The van der Waals surface area contributed by atoms with Gasteiger partial charge in [0, 0.05) is 11.6 Å². The van der Waals surface area contributed by atoms with Crippen molar-refractivity contribution in [2.45, 2.75) is 0 Å². The first-order chi connectivity index (χ1) is 5.57. The molecule has 0 amide bonds. The highest BCUT2D eigenvalue weighted by Crippen LogP contribution is 2.25. The van der Waals surface area contributed by atoms with E-state index in [1.165, 1.54) is 0 Å². The van der Waals surface area contributed by atoms with Crippen molar-refractivity contribution in [2.75, 3.05) is 0 Å². The van der Waals surface area contributed by atoms with E-state index in [-0.39, 0.29) is 0 Å². The predicted molar refractivity (Wildman–Crippen MR) is 38.1 cm³/mol. The molecule has 0 aromatic heterocycles. The van der Waals surface area contributed by atoms with Crippen molar-refractivity contribution in [1.29, 1.82) is 0 Å². The molecular weight excluding hydrogens is 169 g/mol. The molecule has 0 unspecified atom stereocenters. The van der Waals surface area contributed by atoms with Gasteiger partial charge >= 0.3 is 0 Å². The minimum Gasteiger partial charge on any atom is -0.503 e. The molecule has 1 rings (SSSR count). The van der Waals surface area contributed by atoms with Gasteiger partial charge in [-0.3, -0.25) is 0 Å². The average molecular weight is 174 g/mol. The summed E-state index contributed by atoms with van der Waals surface area (Å²) in [5.41, 5.74) is -0.533. The van der Waals surface area contributed by atoms with Crippen molar-refractivity contribution >= 4 is 6.08 Å². The summed E-state index contributed by atoms with van der Waals surface area (Å²) in [5.74, 6) is -4.93. The van der Waals surface area contributed by atoms with Gasteiger partial charge in [0.25, 0.3) is 0 Å². The molecule has 0 heterocycles. The maximum absolute atomic E-state index is 12.7. The van der Waals surface area contributed by atoms with Crippen molar-refractivity contribution < 1.29 is 18.3 Å². The molecule has 0 aliphatic heterocycles. The summed E-state index contributed by atoms with van der Waals surface area (Å²) in [4.78, 5) is 0. The van der Waals surface area contributed by atoms with Gasteiger partial charge in [-0.2, -0.15) is 0 Å². The quantitative estimate of drug-likeness (QED) is 0.693. The third-order valence-corrected chi connectivity index (χ3v) is 1.39. The van der Waals surface area contributed by atoms with Gasteiger partial charge in [-0.15, -0.1) is 0 Å². The third kappa shape index (κ3) is 1.15.